The van der Waals surface area contributed by atoms with Gasteiger partial charge in [0.25, 0.3) is 0 Å². The van der Waals surface area contributed by atoms with Crippen molar-refractivity contribution in [2.75, 3.05) is 19.6 Å². The number of aromatic nitrogens is 3. The summed E-state index contributed by atoms with van der Waals surface area (Å²) in [6, 6.07) is 0. The summed E-state index contributed by atoms with van der Waals surface area (Å²) >= 11 is 0. The van der Waals surface area contributed by atoms with Crippen LogP contribution in [0.2, 0.25) is 0 Å². The van der Waals surface area contributed by atoms with E-state index in [1.807, 2.05) is 0 Å². The first kappa shape index (κ1) is 13.0. The fraction of sp³-hybridized carbons (Fsp3) is 0.750. The zero-order valence-electron chi connectivity index (χ0n) is 10.6. The van der Waals surface area contributed by atoms with Gasteiger partial charge in [0.05, 0.1) is 6.54 Å². The van der Waals surface area contributed by atoms with Gasteiger partial charge in [0.2, 0.25) is 5.91 Å². The lowest BCUT2D eigenvalue weighted by atomic mass is 9.96. The van der Waals surface area contributed by atoms with Gasteiger partial charge in [-0.2, -0.15) is 5.10 Å². The Morgan fingerprint density at radius 2 is 2.50 bits per heavy atom. The number of nitrogens with zero attached hydrogens (tertiary/aromatic N) is 3. The van der Waals surface area contributed by atoms with Crippen LogP contribution in [0.5, 0.6) is 0 Å². The lowest BCUT2D eigenvalue weighted by Gasteiger charge is -2.22. The third-order valence-corrected chi connectivity index (χ3v) is 3.31. The Bertz CT molecular complexity index is 345. The minimum absolute atomic E-state index is 0.0919. The number of nitrogens with one attached hydrogen (secondary N) is 2. The molecule has 0 aromatic carbocycles. The Kier molecular flexibility index (Phi) is 5.14. The third kappa shape index (κ3) is 4.44. The summed E-state index contributed by atoms with van der Waals surface area (Å²) in [7, 11) is 0. The highest BCUT2D eigenvalue weighted by Gasteiger charge is 2.12. The van der Waals surface area contributed by atoms with Gasteiger partial charge < -0.3 is 10.6 Å². The van der Waals surface area contributed by atoms with Crippen molar-refractivity contribution in [1.82, 2.24) is 25.4 Å². The third-order valence-electron chi connectivity index (χ3n) is 3.31. The first-order valence-electron chi connectivity index (χ1n) is 6.64. The van der Waals surface area contributed by atoms with E-state index in [0.29, 0.717) is 13.0 Å². The fourth-order valence-electron chi connectivity index (χ4n) is 2.24. The van der Waals surface area contributed by atoms with E-state index < -0.39 is 0 Å². The number of carbonyl (C=O) groups is 1. The molecule has 1 aliphatic heterocycles. The molecule has 1 unspecified atom stereocenters. The van der Waals surface area contributed by atoms with Gasteiger partial charge in [-0.15, -0.1) is 0 Å². The SMILES string of the molecule is O=C(CCn1cncn1)NCCC1CCCNC1. The molecule has 100 valence electrons. The molecule has 2 N–H and O–H groups in total. The molecule has 2 rings (SSSR count). The molecular formula is C12H21N5O. The van der Waals surface area contributed by atoms with Crippen molar-refractivity contribution in [2.45, 2.75) is 32.2 Å². The van der Waals surface area contributed by atoms with Crippen LogP contribution in [-0.2, 0) is 11.3 Å². The molecule has 1 atom stereocenters. The van der Waals surface area contributed by atoms with Gasteiger partial charge in [-0.3, -0.25) is 9.48 Å². The van der Waals surface area contributed by atoms with Crippen molar-refractivity contribution in [1.29, 1.82) is 0 Å². The zero-order valence-corrected chi connectivity index (χ0v) is 10.6. The van der Waals surface area contributed by atoms with Crippen LogP contribution in [0, 0.1) is 5.92 Å². The van der Waals surface area contributed by atoms with Crippen molar-refractivity contribution in [3.05, 3.63) is 12.7 Å². The Hall–Kier alpha value is -1.43. The molecular weight excluding hydrogens is 230 g/mol. The number of amides is 1. The molecule has 1 amide bonds. The highest BCUT2D eigenvalue weighted by atomic mass is 16.1. The zero-order chi connectivity index (χ0) is 12.6. The van der Waals surface area contributed by atoms with E-state index in [-0.39, 0.29) is 5.91 Å². The molecule has 0 bridgehead atoms. The highest BCUT2D eigenvalue weighted by Crippen LogP contribution is 2.12. The van der Waals surface area contributed by atoms with Gasteiger partial charge >= 0.3 is 0 Å². The largest absolute Gasteiger partial charge is 0.356 e. The second kappa shape index (κ2) is 7.10. The average molecular weight is 251 g/mol. The van der Waals surface area contributed by atoms with Gasteiger partial charge in [0.1, 0.15) is 12.7 Å². The fourth-order valence-corrected chi connectivity index (χ4v) is 2.24. The van der Waals surface area contributed by atoms with Crippen LogP contribution in [0.25, 0.3) is 0 Å². The van der Waals surface area contributed by atoms with Crippen LogP contribution in [0.15, 0.2) is 12.7 Å². The summed E-state index contributed by atoms with van der Waals surface area (Å²) in [6.07, 6.45) is 7.18. The van der Waals surface area contributed by atoms with Crippen LogP contribution < -0.4 is 10.6 Å². The predicted octanol–water partition coefficient (Wildman–Crippen LogP) is 0.174. The van der Waals surface area contributed by atoms with Crippen molar-refractivity contribution in [3.63, 3.8) is 0 Å². The van der Waals surface area contributed by atoms with Gasteiger partial charge in [-0.1, -0.05) is 0 Å². The molecule has 1 aromatic rings. The van der Waals surface area contributed by atoms with Crippen molar-refractivity contribution in [3.8, 4) is 0 Å². The number of hydrogen-bond acceptors (Lipinski definition) is 4. The molecule has 1 aromatic heterocycles. The summed E-state index contributed by atoms with van der Waals surface area (Å²) < 4.78 is 1.67. The number of aryl methyl sites for hydroxylation is 1. The second-order valence-electron chi connectivity index (χ2n) is 4.76. The maximum absolute atomic E-state index is 11.6. The van der Waals surface area contributed by atoms with E-state index in [0.717, 1.165) is 32.0 Å². The molecule has 0 radical (unpaired) electrons. The quantitative estimate of drug-likeness (QED) is 0.756. The molecule has 6 nitrogen and oxygen atoms in total. The molecule has 6 heteroatoms. The van der Waals surface area contributed by atoms with E-state index in [1.54, 1.807) is 11.0 Å². The minimum atomic E-state index is 0.0919. The van der Waals surface area contributed by atoms with E-state index in [2.05, 4.69) is 20.7 Å². The topological polar surface area (TPSA) is 71.8 Å². The molecule has 0 aliphatic carbocycles. The number of piperidine rings is 1. The molecule has 2 heterocycles. The predicted molar refractivity (Wildman–Crippen MR) is 67.9 cm³/mol. The van der Waals surface area contributed by atoms with Gasteiger partial charge in [-0.25, -0.2) is 4.98 Å². The van der Waals surface area contributed by atoms with Crippen LogP contribution in [-0.4, -0.2) is 40.3 Å². The monoisotopic (exact) mass is 251 g/mol. The normalized spacial score (nSPS) is 19.7. The Balaban J connectivity index is 1.54. The van der Waals surface area contributed by atoms with Crippen LogP contribution >= 0.6 is 0 Å². The van der Waals surface area contributed by atoms with Crippen LogP contribution in [0.3, 0.4) is 0 Å². The van der Waals surface area contributed by atoms with Crippen LogP contribution in [0.1, 0.15) is 25.7 Å². The van der Waals surface area contributed by atoms with E-state index in [4.69, 9.17) is 0 Å². The van der Waals surface area contributed by atoms with Gasteiger partial charge in [-0.05, 0) is 38.3 Å². The molecule has 1 fully saturated rings. The lowest BCUT2D eigenvalue weighted by molar-refractivity contribution is -0.121. The maximum atomic E-state index is 11.6. The molecule has 0 saturated carbocycles. The first-order chi connectivity index (χ1) is 8.84. The van der Waals surface area contributed by atoms with Gasteiger partial charge in [0.15, 0.2) is 0 Å². The van der Waals surface area contributed by atoms with E-state index in [9.17, 15) is 4.79 Å². The minimum Gasteiger partial charge on any atom is -0.356 e. The standard InChI is InChI=1S/C12H21N5O/c18-12(4-7-17-10-14-9-16-17)15-6-3-11-2-1-5-13-8-11/h9-11,13H,1-8H2,(H,15,18). The number of rotatable bonds is 6. The highest BCUT2D eigenvalue weighted by molar-refractivity contribution is 5.75. The molecule has 1 aliphatic rings. The van der Waals surface area contributed by atoms with Crippen molar-refractivity contribution in [2.24, 2.45) is 5.92 Å². The second-order valence-corrected chi connectivity index (χ2v) is 4.76. The smallest absolute Gasteiger partial charge is 0.221 e. The average Bonchev–Trinajstić information content (AvgIpc) is 2.91. The molecule has 1 saturated heterocycles. The molecule has 0 spiro atoms. The number of carbonyl (C=O) groups excluding carboxylic acids is 1. The Morgan fingerprint density at radius 1 is 1.56 bits per heavy atom. The summed E-state index contributed by atoms with van der Waals surface area (Å²) in [5.41, 5.74) is 0. The lowest BCUT2D eigenvalue weighted by Crippen LogP contribution is -2.33. The Morgan fingerprint density at radius 3 is 3.22 bits per heavy atom. The van der Waals surface area contributed by atoms with Crippen LogP contribution in [0.4, 0.5) is 0 Å². The summed E-state index contributed by atoms with van der Waals surface area (Å²) in [6.45, 7) is 3.61. The van der Waals surface area contributed by atoms with Gasteiger partial charge in [0, 0.05) is 13.0 Å². The van der Waals surface area contributed by atoms with Crippen molar-refractivity contribution < 1.29 is 4.79 Å². The summed E-state index contributed by atoms with van der Waals surface area (Å²) in [5, 5.41) is 10.3. The first-order valence-corrected chi connectivity index (χ1v) is 6.64. The van der Waals surface area contributed by atoms with E-state index in [1.165, 1.54) is 19.2 Å². The summed E-state index contributed by atoms with van der Waals surface area (Å²) in [5.74, 6) is 0.809. The maximum Gasteiger partial charge on any atom is 0.221 e. The summed E-state index contributed by atoms with van der Waals surface area (Å²) in [4.78, 5) is 15.4. The van der Waals surface area contributed by atoms with E-state index >= 15 is 0 Å². The molecule has 18 heavy (non-hydrogen) atoms. The number of hydrogen-bond donors (Lipinski definition) is 2. The van der Waals surface area contributed by atoms with Crippen molar-refractivity contribution >= 4 is 5.91 Å². The Labute approximate surface area is 107 Å².